The monoisotopic (exact) mass is 279 g/mol. The molecule has 2 rings (SSSR count). The van der Waals surface area contributed by atoms with Crippen LogP contribution in [0.25, 0.3) is 0 Å². The van der Waals surface area contributed by atoms with Crippen LogP contribution in [0.5, 0.6) is 0 Å². The zero-order valence-electron chi connectivity index (χ0n) is 11.4. The maximum absolute atomic E-state index is 11.9. The van der Waals surface area contributed by atoms with Crippen LogP contribution in [0.2, 0.25) is 0 Å². The van der Waals surface area contributed by atoms with Crippen LogP contribution in [-0.4, -0.2) is 66.8 Å². The molecule has 1 aliphatic rings. The standard InChI is InChI=1S/C13H17N3O4/c1-15(2)12(17)10-7-9(3-4-14-10)16-5-6-20-11(8-16)13(18)19/h3-4,7,11H,5-6,8H2,1-2H3,(H,18,19). The van der Waals surface area contributed by atoms with Gasteiger partial charge in [-0.25, -0.2) is 4.79 Å². The molecule has 7 nitrogen and oxygen atoms in total. The first-order valence-corrected chi connectivity index (χ1v) is 6.26. The average molecular weight is 279 g/mol. The number of hydrogen-bond acceptors (Lipinski definition) is 5. The third kappa shape index (κ3) is 3.05. The Morgan fingerprint density at radius 3 is 2.90 bits per heavy atom. The molecule has 1 aromatic rings. The fraction of sp³-hybridized carbons (Fsp3) is 0.462. The lowest BCUT2D eigenvalue weighted by atomic mass is 10.2. The molecule has 1 fully saturated rings. The van der Waals surface area contributed by atoms with Gasteiger partial charge in [-0.3, -0.25) is 9.78 Å². The molecular weight excluding hydrogens is 262 g/mol. The third-order valence-corrected chi connectivity index (χ3v) is 3.08. The Morgan fingerprint density at radius 1 is 1.50 bits per heavy atom. The van der Waals surface area contributed by atoms with Gasteiger partial charge in [0.25, 0.3) is 5.91 Å². The third-order valence-electron chi connectivity index (χ3n) is 3.08. The summed E-state index contributed by atoms with van der Waals surface area (Å²) in [6, 6.07) is 3.43. The number of carboxylic acids is 1. The molecule has 2 heterocycles. The van der Waals surface area contributed by atoms with Gasteiger partial charge in [0.1, 0.15) is 5.69 Å². The molecule has 0 radical (unpaired) electrons. The first-order valence-electron chi connectivity index (χ1n) is 6.26. The molecule has 7 heteroatoms. The Kier molecular flexibility index (Phi) is 4.19. The second-order valence-corrected chi connectivity index (χ2v) is 4.74. The molecule has 1 unspecified atom stereocenters. The van der Waals surface area contributed by atoms with Crippen LogP contribution in [0, 0.1) is 0 Å². The van der Waals surface area contributed by atoms with E-state index < -0.39 is 12.1 Å². The van der Waals surface area contributed by atoms with Gasteiger partial charge in [-0.15, -0.1) is 0 Å². The lowest BCUT2D eigenvalue weighted by Crippen LogP contribution is -2.46. The molecule has 20 heavy (non-hydrogen) atoms. The number of ether oxygens (including phenoxy) is 1. The summed E-state index contributed by atoms with van der Waals surface area (Å²) in [6.07, 6.45) is 0.710. The number of morpholine rings is 1. The number of nitrogens with zero attached hydrogens (tertiary/aromatic N) is 3. The van der Waals surface area contributed by atoms with E-state index in [0.29, 0.717) is 18.8 Å². The molecule has 0 spiro atoms. The Balaban J connectivity index is 2.18. The van der Waals surface area contributed by atoms with Gasteiger partial charge < -0.3 is 19.6 Å². The van der Waals surface area contributed by atoms with Crippen LogP contribution in [0.15, 0.2) is 18.3 Å². The van der Waals surface area contributed by atoms with Gasteiger partial charge >= 0.3 is 5.97 Å². The molecule has 1 amide bonds. The van der Waals surface area contributed by atoms with Gasteiger partial charge in [0.05, 0.1) is 13.2 Å². The summed E-state index contributed by atoms with van der Waals surface area (Å²) in [5.41, 5.74) is 1.12. The number of pyridine rings is 1. The molecule has 0 saturated carbocycles. The molecule has 1 aliphatic heterocycles. The molecule has 1 saturated heterocycles. The van der Waals surface area contributed by atoms with E-state index in [0.717, 1.165) is 5.69 Å². The van der Waals surface area contributed by atoms with E-state index in [2.05, 4.69) is 4.98 Å². The summed E-state index contributed by atoms with van der Waals surface area (Å²) in [7, 11) is 3.32. The highest BCUT2D eigenvalue weighted by Gasteiger charge is 2.26. The second-order valence-electron chi connectivity index (χ2n) is 4.74. The second kappa shape index (κ2) is 5.87. The Hall–Kier alpha value is -2.15. The van der Waals surface area contributed by atoms with Gasteiger partial charge in [0.2, 0.25) is 0 Å². The normalized spacial score (nSPS) is 18.7. The van der Waals surface area contributed by atoms with Crippen LogP contribution in [0.4, 0.5) is 5.69 Å². The first-order chi connectivity index (χ1) is 9.49. The number of anilines is 1. The topological polar surface area (TPSA) is 83.0 Å². The van der Waals surface area contributed by atoms with Crippen molar-refractivity contribution in [2.45, 2.75) is 6.10 Å². The quantitative estimate of drug-likeness (QED) is 0.843. The first kappa shape index (κ1) is 14.3. The van der Waals surface area contributed by atoms with Crippen molar-refractivity contribution in [1.29, 1.82) is 0 Å². The zero-order chi connectivity index (χ0) is 14.7. The number of rotatable bonds is 3. The summed E-state index contributed by atoms with van der Waals surface area (Å²) in [5, 5.41) is 8.99. The van der Waals surface area contributed by atoms with Crippen LogP contribution >= 0.6 is 0 Å². The van der Waals surface area contributed by atoms with E-state index >= 15 is 0 Å². The van der Waals surface area contributed by atoms with Crippen molar-refractivity contribution in [2.75, 3.05) is 38.7 Å². The van der Waals surface area contributed by atoms with E-state index in [1.165, 1.54) is 4.90 Å². The Bertz CT molecular complexity index is 518. The minimum Gasteiger partial charge on any atom is -0.479 e. The van der Waals surface area contributed by atoms with Crippen LogP contribution in [0.3, 0.4) is 0 Å². The molecule has 0 bridgehead atoms. The highest BCUT2D eigenvalue weighted by Crippen LogP contribution is 2.18. The minimum absolute atomic E-state index is 0.185. The number of hydrogen-bond donors (Lipinski definition) is 1. The van der Waals surface area contributed by atoms with Crippen molar-refractivity contribution < 1.29 is 19.4 Å². The van der Waals surface area contributed by atoms with Crippen LogP contribution in [-0.2, 0) is 9.53 Å². The smallest absolute Gasteiger partial charge is 0.334 e. The fourth-order valence-corrected chi connectivity index (χ4v) is 2.00. The molecule has 0 aromatic carbocycles. The van der Waals surface area contributed by atoms with E-state index in [-0.39, 0.29) is 12.5 Å². The minimum atomic E-state index is -0.978. The van der Waals surface area contributed by atoms with Gasteiger partial charge in [0, 0.05) is 32.5 Å². The molecule has 108 valence electrons. The highest BCUT2D eigenvalue weighted by atomic mass is 16.5. The average Bonchev–Trinajstić information content (AvgIpc) is 2.46. The number of aliphatic carboxylic acids is 1. The number of carbonyl (C=O) groups excluding carboxylic acids is 1. The van der Waals surface area contributed by atoms with Gasteiger partial charge in [-0.05, 0) is 12.1 Å². The lowest BCUT2D eigenvalue weighted by molar-refractivity contribution is -0.150. The van der Waals surface area contributed by atoms with E-state index in [9.17, 15) is 9.59 Å². The molecule has 1 N–H and O–H groups in total. The van der Waals surface area contributed by atoms with Crippen molar-refractivity contribution in [2.24, 2.45) is 0 Å². The van der Waals surface area contributed by atoms with E-state index in [1.54, 1.807) is 32.4 Å². The molecule has 0 aliphatic carbocycles. The summed E-state index contributed by atoms with van der Waals surface area (Å²) >= 11 is 0. The maximum atomic E-state index is 11.9. The molecule has 1 atom stereocenters. The molecular formula is C13H17N3O4. The number of aromatic nitrogens is 1. The summed E-state index contributed by atoms with van der Waals surface area (Å²) < 4.78 is 5.18. The number of carboxylic acid groups (broad SMARTS) is 1. The number of amides is 1. The lowest BCUT2D eigenvalue weighted by Gasteiger charge is -2.32. The van der Waals surface area contributed by atoms with Crippen molar-refractivity contribution in [3.8, 4) is 0 Å². The van der Waals surface area contributed by atoms with Crippen molar-refractivity contribution in [3.63, 3.8) is 0 Å². The van der Waals surface area contributed by atoms with E-state index in [4.69, 9.17) is 9.84 Å². The summed E-state index contributed by atoms with van der Waals surface area (Å²) in [5.74, 6) is -1.16. The Labute approximate surface area is 116 Å². The highest BCUT2D eigenvalue weighted by molar-refractivity contribution is 5.92. The van der Waals surface area contributed by atoms with Crippen molar-refractivity contribution in [1.82, 2.24) is 9.88 Å². The van der Waals surface area contributed by atoms with Crippen molar-refractivity contribution in [3.05, 3.63) is 24.0 Å². The zero-order valence-corrected chi connectivity index (χ0v) is 11.4. The van der Waals surface area contributed by atoms with Crippen LogP contribution in [0.1, 0.15) is 10.5 Å². The van der Waals surface area contributed by atoms with Crippen molar-refractivity contribution >= 4 is 17.6 Å². The van der Waals surface area contributed by atoms with Gasteiger partial charge in [-0.1, -0.05) is 0 Å². The van der Waals surface area contributed by atoms with E-state index in [1.807, 2.05) is 4.90 Å². The van der Waals surface area contributed by atoms with Gasteiger partial charge in [0.15, 0.2) is 6.10 Å². The summed E-state index contributed by atoms with van der Waals surface area (Å²) in [4.78, 5) is 30.2. The largest absolute Gasteiger partial charge is 0.479 e. The predicted octanol–water partition coefficient (Wildman–Crippen LogP) is 0.0732. The van der Waals surface area contributed by atoms with Crippen LogP contribution < -0.4 is 4.90 Å². The summed E-state index contributed by atoms with van der Waals surface area (Å²) in [6.45, 7) is 1.19. The maximum Gasteiger partial charge on any atom is 0.334 e. The molecule has 1 aromatic heterocycles. The predicted molar refractivity (Wildman–Crippen MR) is 71.8 cm³/mol. The SMILES string of the molecule is CN(C)C(=O)c1cc(N2CCOC(C(=O)O)C2)ccn1. The fourth-order valence-electron chi connectivity index (χ4n) is 2.00. The van der Waals surface area contributed by atoms with Gasteiger partial charge in [-0.2, -0.15) is 0 Å². The Morgan fingerprint density at radius 2 is 2.25 bits per heavy atom. The number of carbonyl (C=O) groups is 2.